The summed E-state index contributed by atoms with van der Waals surface area (Å²) in [6.45, 7) is 0.773. The normalized spacial score (nSPS) is 20.5. The van der Waals surface area contributed by atoms with Gasteiger partial charge in [0.1, 0.15) is 6.61 Å². The summed E-state index contributed by atoms with van der Waals surface area (Å²) < 4.78 is 4.89. The van der Waals surface area contributed by atoms with E-state index in [1.165, 1.54) is 18.6 Å². The summed E-state index contributed by atoms with van der Waals surface area (Å²) in [6.07, 6.45) is 5.19. The standard InChI is InChI=1S/C10H19NO2S2/c11-6-7-13-10(12)4-2-1-3-9-5-8-14-15-9/h9H,1-8,11H2/t9-/m1/s1. The van der Waals surface area contributed by atoms with Gasteiger partial charge in [-0.3, -0.25) is 4.79 Å². The molecule has 2 N–H and O–H groups in total. The van der Waals surface area contributed by atoms with Crippen LogP contribution < -0.4 is 5.73 Å². The van der Waals surface area contributed by atoms with Crippen molar-refractivity contribution in [3.63, 3.8) is 0 Å². The average Bonchev–Trinajstić information content (AvgIpc) is 2.74. The number of carbonyl (C=O) groups excluding carboxylic acids is 1. The predicted molar refractivity (Wildman–Crippen MR) is 66.9 cm³/mol. The summed E-state index contributed by atoms with van der Waals surface area (Å²) in [4.78, 5) is 11.1. The molecule has 15 heavy (non-hydrogen) atoms. The zero-order valence-corrected chi connectivity index (χ0v) is 10.6. The molecule has 1 fully saturated rings. The van der Waals surface area contributed by atoms with Crippen molar-refractivity contribution < 1.29 is 9.53 Å². The smallest absolute Gasteiger partial charge is 0.305 e. The van der Waals surface area contributed by atoms with E-state index in [1.807, 2.05) is 21.6 Å². The third-order valence-corrected chi connectivity index (χ3v) is 5.27. The van der Waals surface area contributed by atoms with Crippen LogP contribution in [0, 0.1) is 0 Å². The van der Waals surface area contributed by atoms with Gasteiger partial charge in [0.05, 0.1) is 0 Å². The van der Waals surface area contributed by atoms with Crippen LogP contribution in [0.3, 0.4) is 0 Å². The summed E-state index contributed by atoms with van der Waals surface area (Å²) in [6, 6.07) is 0. The zero-order valence-electron chi connectivity index (χ0n) is 8.94. The molecule has 1 aliphatic heterocycles. The second-order valence-electron chi connectivity index (χ2n) is 3.58. The fourth-order valence-electron chi connectivity index (χ4n) is 1.45. The summed E-state index contributed by atoms with van der Waals surface area (Å²) in [5, 5.41) is 0.815. The topological polar surface area (TPSA) is 52.3 Å². The highest BCUT2D eigenvalue weighted by Gasteiger charge is 2.15. The van der Waals surface area contributed by atoms with Gasteiger partial charge >= 0.3 is 5.97 Å². The number of hydrogen-bond donors (Lipinski definition) is 1. The van der Waals surface area contributed by atoms with E-state index in [0.717, 1.165) is 18.1 Å². The largest absolute Gasteiger partial charge is 0.464 e. The van der Waals surface area contributed by atoms with E-state index in [4.69, 9.17) is 10.5 Å². The molecule has 0 spiro atoms. The van der Waals surface area contributed by atoms with Gasteiger partial charge in [0, 0.05) is 24.0 Å². The predicted octanol–water partition coefficient (Wildman–Crippen LogP) is 2.20. The van der Waals surface area contributed by atoms with Crippen molar-refractivity contribution in [3.8, 4) is 0 Å². The first-order chi connectivity index (χ1) is 7.33. The average molecular weight is 249 g/mol. The Morgan fingerprint density at radius 3 is 3.00 bits per heavy atom. The lowest BCUT2D eigenvalue weighted by atomic mass is 10.1. The molecule has 3 nitrogen and oxygen atoms in total. The molecule has 0 aliphatic carbocycles. The Morgan fingerprint density at radius 1 is 1.47 bits per heavy atom. The van der Waals surface area contributed by atoms with Crippen molar-refractivity contribution in [2.75, 3.05) is 18.9 Å². The molecule has 0 amide bonds. The lowest BCUT2D eigenvalue weighted by molar-refractivity contribution is -0.143. The van der Waals surface area contributed by atoms with Gasteiger partial charge in [0.2, 0.25) is 0 Å². The molecule has 5 heteroatoms. The Kier molecular flexibility index (Phi) is 7.30. The second kappa shape index (κ2) is 8.30. The third kappa shape index (κ3) is 6.33. The van der Waals surface area contributed by atoms with Crippen LogP contribution in [0.15, 0.2) is 0 Å². The van der Waals surface area contributed by atoms with E-state index in [1.54, 1.807) is 0 Å². The Labute approximate surface area is 99.3 Å². The minimum atomic E-state index is -0.103. The molecule has 1 heterocycles. The number of ether oxygens (including phenoxy) is 1. The van der Waals surface area contributed by atoms with Crippen molar-refractivity contribution >= 4 is 27.6 Å². The van der Waals surface area contributed by atoms with E-state index in [2.05, 4.69) is 0 Å². The number of nitrogens with two attached hydrogens (primary N) is 1. The van der Waals surface area contributed by atoms with Crippen LogP contribution in [0.2, 0.25) is 0 Å². The number of rotatable bonds is 7. The zero-order chi connectivity index (χ0) is 10.9. The quantitative estimate of drug-likeness (QED) is 0.426. The van der Waals surface area contributed by atoms with Gasteiger partial charge in [-0.1, -0.05) is 28.0 Å². The number of unbranched alkanes of at least 4 members (excludes halogenated alkanes) is 1. The summed E-state index contributed by atoms with van der Waals surface area (Å²) in [5.74, 6) is 1.18. The van der Waals surface area contributed by atoms with Gasteiger partial charge in [0.15, 0.2) is 0 Å². The first-order valence-corrected chi connectivity index (χ1v) is 7.85. The molecule has 0 aromatic heterocycles. The monoisotopic (exact) mass is 249 g/mol. The molecule has 0 radical (unpaired) electrons. The molecule has 1 rings (SSSR count). The van der Waals surface area contributed by atoms with Crippen molar-refractivity contribution in [2.45, 2.75) is 37.4 Å². The van der Waals surface area contributed by atoms with Crippen molar-refractivity contribution in [1.29, 1.82) is 0 Å². The minimum absolute atomic E-state index is 0.103. The van der Waals surface area contributed by atoms with Crippen LogP contribution >= 0.6 is 21.6 Å². The molecule has 0 aromatic carbocycles. The van der Waals surface area contributed by atoms with E-state index < -0.39 is 0 Å². The van der Waals surface area contributed by atoms with Crippen LogP contribution in [0.25, 0.3) is 0 Å². The minimum Gasteiger partial charge on any atom is -0.464 e. The van der Waals surface area contributed by atoms with Gasteiger partial charge in [-0.15, -0.1) is 0 Å². The molecule has 1 saturated heterocycles. The van der Waals surface area contributed by atoms with Crippen molar-refractivity contribution in [3.05, 3.63) is 0 Å². The maximum Gasteiger partial charge on any atom is 0.305 e. The van der Waals surface area contributed by atoms with Gasteiger partial charge in [-0.05, 0) is 19.3 Å². The highest BCUT2D eigenvalue weighted by atomic mass is 33.1. The first-order valence-electron chi connectivity index (χ1n) is 5.47. The lowest BCUT2D eigenvalue weighted by Gasteiger charge is -2.06. The Bertz CT molecular complexity index is 184. The summed E-state index contributed by atoms with van der Waals surface area (Å²) >= 11 is 0. The Hall–Kier alpha value is 0.130. The Balaban J connectivity index is 1.89. The first kappa shape index (κ1) is 13.2. The van der Waals surface area contributed by atoms with E-state index in [0.29, 0.717) is 19.6 Å². The maximum atomic E-state index is 11.1. The molecule has 0 saturated carbocycles. The van der Waals surface area contributed by atoms with Crippen LogP contribution in [-0.4, -0.2) is 30.1 Å². The maximum absolute atomic E-state index is 11.1. The van der Waals surface area contributed by atoms with Crippen LogP contribution in [0.5, 0.6) is 0 Å². The number of carbonyl (C=O) groups is 1. The third-order valence-electron chi connectivity index (χ3n) is 2.27. The highest BCUT2D eigenvalue weighted by molar-refractivity contribution is 8.77. The van der Waals surface area contributed by atoms with Crippen LogP contribution in [-0.2, 0) is 9.53 Å². The number of hydrogen-bond acceptors (Lipinski definition) is 5. The highest BCUT2D eigenvalue weighted by Crippen LogP contribution is 2.39. The fourth-order valence-corrected chi connectivity index (χ4v) is 4.48. The van der Waals surface area contributed by atoms with E-state index >= 15 is 0 Å². The van der Waals surface area contributed by atoms with Gasteiger partial charge in [-0.2, -0.15) is 0 Å². The van der Waals surface area contributed by atoms with Crippen LogP contribution in [0.1, 0.15) is 32.1 Å². The molecule has 1 aliphatic rings. The number of esters is 1. The van der Waals surface area contributed by atoms with Gasteiger partial charge < -0.3 is 10.5 Å². The molecule has 88 valence electrons. The molecule has 0 bridgehead atoms. The van der Waals surface area contributed by atoms with E-state index in [9.17, 15) is 4.79 Å². The lowest BCUT2D eigenvalue weighted by Crippen LogP contribution is -2.13. The van der Waals surface area contributed by atoms with Crippen molar-refractivity contribution in [1.82, 2.24) is 0 Å². The molecule has 0 aromatic rings. The molecule has 1 atom stereocenters. The molecule has 0 unspecified atom stereocenters. The summed E-state index contributed by atoms with van der Waals surface area (Å²) in [5.41, 5.74) is 5.23. The SMILES string of the molecule is NCCOC(=O)CCCC[C@@H]1CCSS1. The van der Waals surface area contributed by atoms with Crippen molar-refractivity contribution in [2.24, 2.45) is 5.73 Å². The molecular formula is C10H19NO2S2. The molecular weight excluding hydrogens is 230 g/mol. The Morgan fingerprint density at radius 2 is 2.33 bits per heavy atom. The van der Waals surface area contributed by atoms with Gasteiger partial charge in [0.25, 0.3) is 0 Å². The van der Waals surface area contributed by atoms with Gasteiger partial charge in [-0.25, -0.2) is 0 Å². The summed E-state index contributed by atoms with van der Waals surface area (Å²) in [7, 11) is 3.97. The van der Waals surface area contributed by atoms with E-state index in [-0.39, 0.29) is 5.97 Å². The van der Waals surface area contributed by atoms with Crippen LogP contribution in [0.4, 0.5) is 0 Å². The second-order valence-corrected chi connectivity index (χ2v) is 6.37. The fraction of sp³-hybridized carbons (Fsp3) is 0.900.